The maximum Gasteiger partial charge on any atom is 0.0769 e. The number of ether oxygens (including phenoxy) is 2. The molecule has 4 rings (SSSR count). The second-order valence-electron chi connectivity index (χ2n) is 7.05. The average molecular weight is 341 g/mol. The summed E-state index contributed by atoms with van der Waals surface area (Å²) in [6.45, 7) is 4.60. The third kappa shape index (κ3) is 4.48. The van der Waals surface area contributed by atoms with Crippen molar-refractivity contribution in [1.82, 2.24) is 14.7 Å². The second kappa shape index (κ2) is 8.13. The van der Waals surface area contributed by atoms with Gasteiger partial charge in [0.15, 0.2) is 0 Å². The van der Waals surface area contributed by atoms with E-state index in [9.17, 15) is 0 Å². The number of aromatic nitrogens is 2. The molecule has 0 saturated carbocycles. The molecule has 0 amide bonds. The lowest BCUT2D eigenvalue weighted by Crippen LogP contribution is -2.37. The molecule has 2 aliphatic rings. The molecule has 1 aromatic carbocycles. The first-order chi connectivity index (χ1) is 12.4. The molecule has 0 spiro atoms. The van der Waals surface area contributed by atoms with Gasteiger partial charge in [-0.05, 0) is 43.9 Å². The lowest BCUT2D eigenvalue weighted by atomic mass is 10.2. The van der Waals surface area contributed by atoms with Crippen molar-refractivity contribution in [3.8, 4) is 5.69 Å². The predicted octanol–water partition coefficient (Wildman–Crippen LogP) is 3.03. The fourth-order valence-electron chi connectivity index (χ4n) is 3.76. The van der Waals surface area contributed by atoms with Crippen LogP contribution in [0.3, 0.4) is 0 Å². The number of para-hydroxylation sites is 1. The number of nitrogens with zero attached hydrogens (tertiary/aromatic N) is 3. The molecule has 2 aliphatic heterocycles. The second-order valence-corrected chi connectivity index (χ2v) is 7.05. The highest BCUT2D eigenvalue weighted by molar-refractivity contribution is 5.30. The highest BCUT2D eigenvalue weighted by Gasteiger charge is 2.24. The molecule has 5 heteroatoms. The number of rotatable bonds is 7. The minimum Gasteiger partial charge on any atom is -0.377 e. The van der Waals surface area contributed by atoms with Crippen molar-refractivity contribution in [3.05, 3.63) is 48.3 Å². The van der Waals surface area contributed by atoms with Crippen LogP contribution < -0.4 is 0 Å². The van der Waals surface area contributed by atoms with Crippen molar-refractivity contribution in [2.24, 2.45) is 0 Å². The molecular formula is C20H27N3O2. The third-order valence-corrected chi connectivity index (χ3v) is 5.02. The molecule has 2 saturated heterocycles. The Bertz CT molecular complexity index is 628. The van der Waals surface area contributed by atoms with Crippen LogP contribution in [0.15, 0.2) is 42.6 Å². The Morgan fingerprint density at radius 2 is 1.64 bits per heavy atom. The van der Waals surface area contributed by atoms with Gasteiger partial charge in [-0.1, -0.05) is 18.2 Å². The van der Waals surface area contributed by atoms with Crippen LogP contribution in [0.25, 0.3) is 5.69 Å². The van der Waals surface area contributed by atoms with Crippen LogP contribution in [0.1, 0.15) is 31.4 Å². The minimum absolute atomic E-state index is 0.359. The molecule has 3 heterocycles. The zero-order chi connectivity index (χ0) is 16.9. The summed E-state index contributed by atoms with van der Waals surface area (Å²) >= 11 is 0. The van der Waals surface area contributed by atoms with E-state index in [1.54, 1.807) is 0 Å². The van der Waals surface area contributed by atoms with Gasteiger partial charge in [-0.25, -0.2) is 4.68 Å². The van der Waals surface area contributed by atoms with Crippen LogP contribution in [0, 0.1) is 0 Å². The van der Waals surface area contributed by atoms with Crippen LogP contribution in [0.2, 0.25) is 0 Å². The van der Waals surface area contributed by atoms with Gasteiger partial charge in [-0.15, -0.1) is 0 Å². The summed E-state index contributed by atoms with van der Waals surface area (Å²) in [5.74, 6) is 0. The van der Waals surface area contributed by atoms with Gasteiger partial charge in [0.1, 0.15) is 0 Å². The molecule has 0 unspecified atom stereocenters. The lowest BCUT2D eigenvalue weighted by molar-refractivity contribution is 0.0341. The Morgan fingerprint density at radius 1 is 0.960 bits per heavy atom. The summed E-state index contributed by atoms with van der Waals surface area (Å²) < 4.78 is 13.7. The summed E-state index contributed by atoms with van der Waals surface area (Å²) in [6, 6.07) is 12.4. The first kappa shape index (κ1) is 16.8. The van der Waals surface area contributed by atoms with E-state index in [-0.39, 0.29) is 0 Å². The molecule has 0 N–H and O–H groups in total. The zero-order valence-corrected chi connectivity index (χ0v) is 14.7. The van der Waals surface area contributed by atoms with E-state index in [0.29, 0.717) is 12.2 Å². The maximum absolute atomic E-state index is 5.85. The molecule has 1 aromatic heterocycles. The highest BCUT2D eigenvalue weighted by Crippen LogP contribution is 2.19. The van der Waals surface area contributed by atoms with Crippen LogP contribution >= 0.6 is 0 Å². The maximum atomic E-state index is 5.85. The SMILES string of the molecule is c1ccc(-n2ccc(CN(C[C@H]3CCCO3)C[C@@H]3CCCO3)n2)cc1. The van der Waals surface area contributed by atoms with E-state index >= 15 is 0 Å². The molecule has 5 nitrogen and oxygen atoms in total. The summed E-state index contributed by atoms with van der Waals surface area (Å²) in [5, 5.41) is 4.76. The molecule has 2 aromatic rings. The van der Waals surface area contributed by atoms with E-state index in [1.807, 2.05) is 29.1 Å². The lowest BCUT2D eigenvalue weighted by Gasteiger charge is -2.26. The van der Waals surface area contributed by atoms with E-state index in [2.05, 4.69) is 23.1 Å². The quantitative estimate of drug-likeness (QED) is 0.776. The fourth-order valence-corrected chi connectivity index (χ4v) is 3.76. The van der Waals surface area contributed by atoms with Gasteiger partial charge in [0.2, 0.25) is 0 Å². The van der Waals surface area contributed by atoms with Gasteiger partial charge >= 0.3 is 0 Å². The van der Waals surface area contributed by atoms with Crippen LogP contribution in [-0.4, -0.2) is 53.2 Å². The summed E-state index contributed by atoms with van der Waals surface area (Å²) in [7, 11) is 0. The van der Waals surface area contributed by atoms with Gasteiger partial charge < -0.3 is 9.47 Å². The van der Waals surface area contributed by atoms with Crippen molar-refractivity contribution in [2.45, 2.75) is 44.4 Å². The van der Waals surface area contributed by atoms with E-state index in [4.69, 9.17) is 14.6 Å². The normalized spacial score (nSPS) is 23.6. The first-order valence-corrected chi connectivity index (χ1v) is 9.42. The number of benzene rings is 1. The number of hydrogen-bond donors (Lipinski definition) is 0. The fraction of sp³-hybridized carbons (Fsp3) is 0.550. The Kier molecular flexibility index (Phi) is 5.45. The molecule has 2 atom stereocenters. The van der Waals surface area contributed by atoms with Gasteiger partial charge in [-0.3, -0.25) is 4.90 Å². The van der Waals surface area contributed by atoms with E-state index < -0.39 is 0 Å². The minimum atomic E-state index is 0.359. The molecular weight excluding hydrogens is 314 g/mol. The van der Waals surface area contributed by atoms with Crippen molar-refractivity contribution >= 4 is 0 Å². The molecule has 2 fully saturated rings. The Balaban J connectivity index is 1.42. The molecule has 0 radical (unpaired) electrons. The summed E-state index contributed by atoms with van der Waals surface area (Å²) in [4.78, 5) is 2.46. The Hall–Kier alpha value is -1.69. The molecule has 0 aliphatic carbocycles. The van der Waals surface area contributed by atoms with E-state index in [0.717, 1.165) is 44.2 Å². The molecule has 25 heavy (non-hydrogen) atoms. The average Bonchev–Trinajstić information content (AvgIpc) is 3.38. The van der Waals surface area contributed by atoms with E-state index in [1.165, 1.54) is 25.7 Å². The monoisotopic (exact) mass is 341 g/mol. The zero-order valence-electron chi connectivity index (χ0n) is 14.7. The van der Waals surface area contributed by atoms with Crippen molar-refractivity contribution in [1.29, 1.82) is 0 Å². The van der Waals surface area contributed by atoms with Crippen molar-refractivity contribution in [3.63, 3.8) is 0 Å². The molecule has 134 valence electrons. The van der Waals surface area contributed by atoms with Gasteiger partial charge in [-0.2, -0.15) is 5.10 Å². The number of hydrogen-bond acceptors (Lipinski definition) is 4. The topological polar surface area (TPSA) is 39.5 Å². The van der Waals surface area contributed by atoms with Crippen LogP contribution in [0.4, 0.5) is 0 Å². The Labute approximate surface area is 149 Å². The highest BCUT2D eigenvalue weighted by atomic mass is 16.5. The van der Waals surface area contributed by atoms with Crippen LogP contribution in [-0.2, 0) is 16.0 Å². The van der Waals surface area contributed by atoms with Crippen LogP contribution in [0.5, 0.6) is 0 Å². The Morgan fingerprint density at radius 3 is 2.24 bits per heavy atom. The van der Waals surface area contributed by atoms with Gasteiger partial charge in [0.05, 0.1) is 23.6 Å². The smallest absolute Gasteiger partial charge is 0.0769 e. The standard InChI is InChI=1S/C20H27N3O2/c1-2-6-18(7-3-1)23-11-10-17(21-23)14-22(15-19-8-4-12-24-19)16-20-9-5-13-25-20/h1-3,6-7,10-11,19-20H,4-5,8-9,12-16H2/t19-,20+. The van der Waals surface area contributed by atoms with Gasteiger partial charge in [0.25, 0.3) is 0 Å². The van der Waals surface area contributed by atoms with Crippen molar-refractivity contribution in [2.75, 3.05) is 26.3 Å². The molecule has 0 bridgehead atoms. The van der Waals surface area contributed by atoms with Crippen molar-refractivity contribution < 1.29 is 9.47 Å². The largest absolute Gasteiger partial charge is 0.377 e. The van der Waals surface area contributed by atoms with Gasteiger partial charge in [0, 0.05) is 39.0 Å². The summed E-state index contributed by atoms with van der Waals surface area (Å²) in [6.07, 6.45) is 7.46. The predicted molar refractivity (Wildman–Crippen MR) is 96.8 cm³/mol. The summed E-state index contributed by atoms with van der Waals surface area (Å²) in [5.41, 5.74) is 2.19. The first-order valence-electron chi connectivity index (χ1n) is 9.42. The third-order valence-electron chi connectivity index (χ3n) is 5.02.